The first-order valence-corrected chi connectivity index (χ1v) is 12.9. The van der Waals surface area contributed by atoms with Crippen molar-refractivity contribution in [1.29, 1.82) is 0 Å². The molecule has 1 aliphatic heterocycles. The van der Waals surface area contributed by atoms with Crippen molar-refractivity contribution in [3.05, 3.63) is 143 Å². The van der Waals surface area contributed by atoms with Gasteiger partial charge < -0.3 is 9.84 Å². The minimum Gasteiger partial charge on any atom is -0.507 e. The van der Waals surface area contributed by atoms with E-state index in [9.17, 15) is 29.6 Å². The molecule has 2 heterocycles. The number of esters is 1. The molecule has 0 bridgehead atoms. The minimum absolute atomic E-state index is 0.0338. The minimum atomic E-state index is -0.721. The summed E-state index contributed by atoms with van der Waals surface area (Å²) in [6.07, 6.45) is 2.69. The average Bonchev–Trinajstić information content (AvgIpc) is 3.29. The molecule has 1 aliphatic carbocycles. The van der Waals surface area contributed by atoms with E-state index >= 15 is 0 Å². The van der Waals surface area contributed by atoms with E-state index in [0.717, 1.165) is 10.1 Å². The fourth-order valence-electron chi connectivity index (χ4n) is 5.36. The molecule has 0 saturated carbocycles. The van der Waals surface area contributed by atoms with E-state index in [0.29, 0.717) is 39.4 Å². The van der Waals surface area contributed by atoms with E-state index in [2.05, 4.69) is 4.99 Å². The quantitative estimate of drug-likeness (QED) is 0.124. The molecular weight excluding hydrogens is 540 g/mol. The van der Waals surface area contributed by atoms with Crippen LogP contribution in [0.4, 0.5) is 11.5 Å². The number of carbonyl (C=O) groups is 1. The Morgan fingerprint density at radius 2 is 1.64 bits per heavy atom. The summed E-state index contributed by atoms with van der Waals surface area (Å²) < 4.78 is 7.83. The molecule has 208 valence electrons. The summed E-state index contributed by atoms with van der Waals surface area (Å²) >= 11 is 0. The van der Waals surface area contributed by atoms with Gasteiger partial charge in [-0.3, -0.25) is 14.9 Å². The summed E-state index contributed by atoms with van der Waals surface area (Å²) in [5.41, 5.74) is 2.97. The van der Waals surface area contributed by atoms with E-state index in [-0.39, 0.29) is 17.2 Å². The highest BCUT2D eigenvalue weighted by atomic mass is 16.6. The monoisotopic (exact) mass is 563 g/mol. The van der Waals surface area contributed by atoms with Crippen molar-refractivity contribution in [3.63, 3.8) is 0 Å². The predicted molar refractivity (Wildman–Crippen MR) is 154 cm³/mol. The van der Waals surface area contributed by atoms with Gasteiger partial charge in [0.1, 0.15) is 22.8 Å². The number of aliphatic hydroxyl groups is 1. The van der Waals surface area contributed by atoms with Crippen molar-refractivity contribution >= 4 is 35.0 Å². The van der Waals surface area contributed by atoms with Gasteiger partial charge in [0, 0.05) is 36.4 Å². The number of fused-ring (bicyclic) bond motifs is 4. The molecule has 0 spiro atoms. The first-order chi connectivity index (χ1) is 20.2. The smallest absolute Gasteiger partial charge is 0.417 e. The number of ether oxygens (including phenoxy) is 1. The van der Waals surface area contributed by atoms with Crippen LogP contribution in [0.2, 0.25) is 0 Å². The van der Waals surface area contributed by atoms with Crippen molar-refractivity contribution in [2.75, 3.05) is 0 Å². The average molecular weight is 564 g/mol. The molecule has 3 aromatic carbocycles. The Labute approximate surface area is 237 Å². The van der Waals surface area contributed by atoms with E-state index in [1.54, 1.807) is 37.4 Å². The van der Waals surface area contributed by atoms with E-state index in [1.807, 2.05) is 18.2 Å². The van der Waals surface area contributed by atoms with Gasteiger partial charge in [0.2, 0.25) is 0 Å². The maximum Gasteiger partial charge on any atom is 0.417 e. The van der Waals surface area contributed by atoms with Crippen LogP contribution >= 0.6 is 0 Å². The van der Waals surface area contributed by atoms with Gasteiger partial charge in [0.15, 0.2) is 0 Å². The predicted octanol–water partition coefficient (Wildman–Crippen LogP) is 2.24. The Hall–Kier alpha value is -5.84. The van der Waals surface area contributed by atoms with Crippen LogP contribution in [-0.2, 0) is 18.9 Å². The highest BCUT2D eigenvalue weighted by Gasteiger charge is 2.44. The second-order valence-corrected chi connectivity index (χ2v) is 9.88. The maximum absolute atomic E-state index is 13.5. The summed E-state index contributed by atoms with van der Waals surface area (Å²) in [5.74, 6) is -0.758. The van der Waals surface area contributed by atoms with Gasteiger partial charge in [0.25, 0.3) is 17.1 Å². The second-order valence-electron chi connectivity index (χ2n) is 9.88. The van der Waals surface area contributed by atoms with E-state index in [4.69, 9.17) is 4.74 Å². The Morgan fingerprint density at radius 3 is 2.31 bits per heavy atom. The molecule has 2 N–H and O–H groups in total. The fourth-order valence-corrected chi connectivity index (χ4v) is 5.36. The van der Waals surface area contributed by atoms with Gasteiger partial charge in [0.05, 0.1) is 23.5 Å². The van der Waals surface area contributed by atoms with Crippen LogP contribution in [0.25, 0.3) is 11.8 Å². The highest BCUT2D eigenvalue weighted by Crippen LogP contribution is 2.43. The number of hydrogen-bond acceptors (Lipinski definition) is 7. The highest BCUT2D eigenvalue weighted by molar-refractivity contribution is 6.21. The number of aromatic nitrogens is 2. The zero-order valence-electron chi connectivity index (χ0n) is 22.4. The maximum atomic E-state index is 13.5. The van der Waals surface area contributed by atoms with Gasteiger partial charge in [-0.05, 0) is 47.5 Å². The van der Waals surface area contributed by atoms with Crippen LogP contribution in [0.3, 0.4) is 0 Å². The molecule has 6 rings (SSSR count). The van der Waals surface area contributed by atoms with Crippen molar-refractivity contribution in [3.8, 4) is 5.75 Å². The molecule has 42 heavy (non-hydrogen) atoms. The molecule has 0 radical (unpaired) electrons. The Kier molecular flexibility index (Phi) is 6.26. The van der Waals surface area contributed by atoms with Crippen molar-refractivity contribution < 1.29 is 24.6 Å². The first-order valence-electron chi connectivity index (χ1n) is 12.9. The second kappa shape index (κ2) is 9.97. The topological polar surface area (TPSA) is 148 Å². The van der Waals surface area contributed by atoms with Crippen molar-refractivity contribution in [2.45, 2.75) is 5.92 Å². The lowest BCUT2D eigenvalue weighted by atomic mass is 9.81. The van der Waals surface area contributed by atoms with Crippen LogP contribution in [0, 0.1) is 10.1 Å². The summed E-state index contributed by atoms with van der Waals surface area (Å²) in [5, 5.41) is 22.1. The molecule has 0 fully saturated rings. The number of benzene rings is 3. The first kappa shape index (κ1) is 26.4. The van der Waals surface area contributed by atoms with Gasteiger partial charge >= 0.3 is 11.7 Å². The summed E-state index contributed by atoms with van der Waals surface area (Å²) in [7, 11) is 2.99. The van der Waals surface area contributed by atoms with Crippen LogP contribution < -0.4 is 21.0 Å². The SMILES string of the molecule is Cn1c2c(c(=O)n(C)c1=O)C(c1ccc(OC(=O)/C=C/c3ccc([N+](=O)[O-])cc3)cc1)C1=C(O)c3ccccc3C1=[NH+]2. The van der Waals surface area contributed by atoms with Crippen molar-refractivity contribution in [2.24, 2.45) is 14.1 Å². The van der Waals surface area contributed by atoms with Crippen LogP contribution in [0.1, 0.15) is 33.7 Å². The van der Waals surface area contributed by atoms with Crippen molar-refractivity contribution in [1.82, 2.24) is 9.13 Å². The standard InChI is InChI=1S/C31H22N4O7/c1-33-29-26(30(38)34(2)31(33)39)24(25-27(32-29)21-5-3-4-6-22(21)28(25)37)18-10-14-20(15-11-18)42-23(36)16-9-17-7-12-19(13-8-17)35(40)41/h3-16,24,37H,1-2H3/p+1/b16-9+. The lowest BCUT2D eigenvalue weighted by Gasteiger charge is -2.24. The van der Waals surface area contributed by atoms with Gasteiger partial charge in [-0.1, -0.05) is 30.3 Å². The molecule has 1 aromatic heterocycles. The molecule has 0 saturated heterocycles. The molecule has 2 aliphatic rings. The number of hydrogen-bond donors (Lipinski definition) is 2. The number of rotatable bonds is 5. The summed E-state index contributed by atoms with van der Waals surface area (Å²) in [4.78, 5) is 52.2. The third-order valence-electron chi connectivity index (χ3n) is 7.44. The molecule has 0 amide bonds. The fraction of sp³-hybridized carbons (Fsp3) is 0.0968. The summed E-state index contributed by atoms with van der Waals surface area (Å²) in [6.45, 7) is 0. The molecular formula is C31H23N4O7+. The Morgan fingerprint density at radius 1 is 0.976 bits per heavy atom. The third kappa shape index (κ3) is 4.24. The molecule has 4 aromatic rings. The number of non-ortho nitro benzene ring substituents is 1. The van der Waals surface area contributed by atoms with Gasteiger partial charge in [-0.2, -0.15) is 4.57 Å². The number of nitro benzene ring substituents is 1. The third-order valence-corrected chi connectivity index (χ3v) is 7.44. The zero-order valence-corrected chi connectivity index (χ0v) is 22.4. The number of carbonyl (C=O) groups excluding carboxylic acids is 1. The normalized spacial score (nSPS) is 15.2. The van der Waals surface area contributed by atoms with Crippen LogP contribution in [-0.4, -0.2) is 30.8 Å². The number of nitro groups is 1. The zero-order chi connectivity index (χ0) is 29.7. The van der Waals surface area contributed by atoms with Gasteiger partial charge in [-0.25, -0.2) is 19.1 Å². The Bertz CT molecular complexity index is 2010. The number of nitrogens with one attached hydrogen (secondary N) is 1. The van der Waals surface area contributed by atoms with Crippen LogP contribution in [0.5, 0.6) is 5.75 Å². The Balaban J connectivity index is 1.35. The molecule has 1 atom stereocenters. The molecule has 11 nitrogen and oxygen atoms in total. The molecule has 11 heteroatoms. The number of nitrogens with zero attached hydrogens (tertiary/aromatic N) is 3. The number of allylic oxidation sites excluding steroid dienone is 1. The van der Waals surface area contributed by atoms with Gasteiger partial charge in [-0.15, -0.1) is 0 Å². The lowest BCUT2D eigenvalue weighted by molar-refractivity contribution is -0.384. The summed E-state index contributed by atoms with van der Waals surface area (Å²) in [6, 6.07) is 19.6. The van der Waals surface area contributed by atoms with E-state index in [1.165, 1.54) is 48.0 Å². The van der Waals surface area contributed by atoms with E-state index < -0.39 is 28.1 Å². The number of aliphatic hydroxyl groups excluding tert-OH is 1. The van der Waals surface area contributed by atoms with Crippen LogP contribution in [0.15, 0.2) is 94.0 Å². The molecule has 1 unspecified atom stereocenters. The lowest BCUT2D eigenvalue weighted by Crippen LogP contribution is -2.73. The largest absolute Gasteiger partial charge is 0.507 e.